The number of fused-ring (bicyclic) bond motifs is 1. The van der Waals surface area contributed by atoms with E-state index in [2.05, 4.69) is 44.2 Å². The second-order valence-electron chi connectivity index (χ2n) is 4.21. The molecule has 0 aliphatic carbocycles. The third kappa shape index (κ3) is 2.41. The van der Waals surface area contributed by atoms with E-state index in [1.165, 1.54) is 17.5 Å². The summed E-state index contributed by atoms with van der Waals surface area (Å²) in [6.07, 6.45) is 6.75. The molecule has 1 unspecified atom stereocenters. The smallest absolute Gasteiger partial charge is 0.122 e. The molecule has 2 rings (SSSR count). The summed E-state index contributed by atoms with van der Waals surface area (Å²) < 4.78 is 5.48. The molecule has 1 aromatic rings. The highest BCUT2D eigenvalue weighted by atomic mass is 16.5. The molecular weight excluding hydrogens is 184 g/mol. The van der Waals surface area contributed by atoms with E-state index in [1.807, 2.05) is 0 Å². The van der Waals surface area contributed by atoms with Gasteiger partial charge in [0.2, 0.25) is 0 Å². The van der Waals surface area contributed by atoms with E-state index in [9.17, 15) is 0 Å². The second kappa shape index (κ2) is 4.52. The molecule has 1 aliphatic rings. The van der Waals surface area contributed by atoms with Crippen LogP contribution in [0, 0.1) is 5.92 Å². The van der Waals surface area contributed by atoms with Gasteiger partial charge in [-0.25, -0.2) is 0 Å². The van der Waals surface area contributed by atoms with E-state index in [1.54, 1.807) is 0 Å². The van der Waals surface area contributed by atoms with Gasteiger partial charge in [0, 0.05) is 6.42 Å². The molecular formula is C14H18O. The summed E-state index contributed by atoms with van der Waals surface area (Å²) in [6.45, 7) is 5.30. The van der Waals surface area contributed by atoms with Gasteiger partial charge in [0.05, 0.1) is 6.61 Å². The molecule has 1 nitrogen and oxygen atoms in total. The van der Waals surface area contributed by atoms with Gasteiger partial charge in [0.25, 0.3) is 0 Å². The van der Waals surface area contributed by atoms with E-state index in [-0.39, 0.29) is 0 Å². The van der Waals surface area contributed by atoms with E-state index in [4.69, 9.17) is 4.74 Å². The minimum absolute atomic E-state index is 0.662. The summed E-state index contributed by atoms with van der Waals surface area (Å²) >= 11 is 0. The Kier molecular flexibility index (Phi) is 3.10. The van der Waals surface area contributed by atoms with Gasteiger partial charge in [-0.05, 0) is 29.2 Å². The fourth-order valence-corrected chi connectivity index (χ4v) is 1.72. The van der Waals surface area contributed by atoms with Crippen LogP contribution in [0.2, 0.25) is 0 Å². The molecule has 1 heteroatoms. The average Bonchev–Trinajstić information content (AvgIpc) is 2.72. The van der Waals surface area contributed by atoms with Crippen LogP contribution in [0.4, 0.5) is 0 Å². The van der Waals surface area contributed by atoms with E-state index < -0.39 is 0 Å². The Labute approximate surface area is 91.8 Å². The van der Waals surface area contributed by atoms with Crippen molar-refractivity contribution in [2.45, 2.75) is 26.7 Å². The van der Waals surface area contributed by atoms with Crippen LogP contribution in [0.25, 0.3) is 6.08 Å². The van der Waals surface area contributed by atoms with Crippen LogP contribution >= 0.6 is 0 Å². The fourth-order valence-electron chi connectivity index (χ4n) is 1.72. The highest BCUT2D eigenvalue weighted by molar-refractivity contribution is 5.54. The number of benzene rings is 1. The quantitative estimate of drug-likeness (QED) is 0.726. The lowest BCUT2D eigenvalue weighted by atomic mass is 10.0. The van der Waals surface area contributed by atoms with Crippen molar-refractivity contribution in [1.82, 2.24) is 0 Å². The molecule has 15 heavy (non-hydrogen) atoms. The molecule has 0 amide bonds. The molecule has 0 N–H and O–H groups in total. The van der Waals surface area contributed by atoms with Crippen LogP contribution in [-0.4, -0.2) is 6.61 Å². The summed E-state index contributed by atoms with van der Waals surface area (Å²) in [7, 11) is 0. The maximum atomic E-state index is 5.48. The standard InChI is InChI=1S/C14H18O/c1-3-11(2)4-5-12-6-7-14-13(10-12)8-9-15-14/h4-7,10-11H,3,8-9H2,1-2H3/b5-4+. The Hall–Kier alpha value is -1.24. The summed E-state index contributed by atoms with van der Waals surface area (Å²) in [6, 6.07) is 6.45. The molecule has 0 radical (unpaired) electrons. The highest BCUT2D eigenvalue weighted by Crippen LogP contribution is 2.26. The Balaban J connectivity index is 2.13. The minimum atomic E-state index is 0.662. The average molecular weight is 202 g/mol. The molecule has 0 bridgehead atoms. The number of rotatable bonds is 3. The maximum absolute atomic E-state index is 5.48. The van der Waals surface area contributed by atoms with Gasteiger partial charge in [-0.15, -0.1) is 0 Å². The first-order chi connectivity index (χ1) is 7.29. The van der Waals surface area contributed by atoms with Crippen molar-refractivity contribution in [2.24, 2.45) is 5.92 Å². The minimum Gasteiger partial charge on any atom is -0.493 e. The van der Waals surface area contributed by atoms with Gasteiger partial charge >= 0.3 is 0 Å². The van der Waals surface area contributed by atoms with Gasteiger partial charge in [-0.3, -0.25) is 0 Å². The zero-order chi connectivity index (χ0) is 10.7. The van der Waals surface area contributed by atoms with Crippen LogP contribution in [0.3, 0.4) is 0 Å². The monoisotopic (exact) mass is 202 g/mol. The first-order valence-electron chi connectivity index (χ1n) is 5.73. The molecule has 1 aromatic carbocycles. The maximum Gasteiger partial charge on any atom is 0.122 e. The first-order valence-corrected chi connectivity index (χ1v) is 5.73. The van der Waals surface area contributed by atoms with Gasteiger partial charge in [-0.1, -0.05) is 38.5 Å². The van der Waals surface area contributed by atoms with Crippen molar-refractivity contribution in [3.05, 3.63) is 35.4 Å². The number of hydrogen-bond acceptors (Lipinski definition) is 1. The number of allylic oxidation sites excluding steroid dienone is 1. The lowest BCUT2D eigenvalue weighted by Gasteiger charge is -2.02. The third-order valence-electron chi connectivity index (χ3n) is 2.97. The van der Waals surface area contributed by atoms with Crippen LogP contribution in [0.5, 0.6) is 5.75 Å². The SMILES string of the molecule is CCC(C)/C=C/c1ccc2c(c1)CCO2. The van der Waals surface area contributed by atoms with Gasteiger partial charge < -0.3 is 4.74 Å². The van der Waals surface area contributed by atoms with E-state index >= 15 is 0 Å². The summed E-state index contributed by atoms with van der Waals surface area (Å²) in [5, 5.41) is 0. The van der Waals surface area contributed by atoms with Gasteiger partial charge in [-0.2, -0.15) is 0 Å². The van der Waals surface area contributed by atoms with Crippen molar-refractivity contribution in [3.8, 4) is 5.75 Å². The van der Waals surface area contributed by atoms with Crippen LogP contribution in [-0.2, 0) is 6.42 Å². The fraction of sp³-hybridized carbons (Fsp3) is 0.429. The first kappa shape index (κ1) is 10.3. The topological polar surface area (TPSA) is 9.23 Å². The third-order valence-corrected chi connectivity index (χ3v) is 2.97. The Morgan fingerprint density at radius 2 is 2.33 bits per heavy atom. The van der Waals surface area contributed by atoms with Crippen molar-refractivity contribution in [3.63, 3.8) is 0 Å². The predicted octanol–water partition coefficient (Wildman–Crippen LogP) is 3.68. The van der Waals surface area contributed by atoms with Crippen molar-refractivity contribution >= 4 is 6.08 Å². The number of hydrogen-bond donors (Lipinski definition) is 0. The molecule has 0 saturated carbocycles. The van der Waals surface area contributed by atoms with Gasteiger partial charge in [0.1, 0.15) is 5.75 Å². The van der Waals surface area contributed by atoms with Crippen LogP contribution in [0.15, 0.2) is 24.3 Å². The Morgan fingerprint density at radius 3 is 3.13 bits per heavy atom. The van der Waals surface area contributed by atoms with E-state index in [0.717, 1.165) is 18.8 Å². The summed E-state index contributed by atoms with van der Waals surface area (Å²) in [4.78, 5) is 0. The van der Waals surface area contributed by atoms with E-state index in [0.29, 0.717) is 5.92 Å². The highest BCUT2D eigenvalue weighted by Gasteiger charge is 2.10. The molecule has 1 heterocycles. The summed E-state index contributed by atoms with van der Waals surface area (Å²) in [5.41, 5.74) is 2.64. The molecule has 1 atom stereocenters. The Bertz CT molecular complexity index is 366. The molecule has 0 aromatic heterocycles. The lowest BCUT2D eigenvalue weighted by molar-refractivity contribution is 0.357. The lowest BCUT2D eigenvalue weighted by Crippen LogP contribution is -1.85. The van der Waals surface area contributed by atoms with Gasteiger partial charge in [0.15, 0.2) is 0 Å². The van der Waals surface area contributed by atoms with Crippen LogP contribution < -0.4 is 4.74 Å². The Morgan fingerprint density at radius 1 is 1.47 bits per heavy atom. The van der Waals surface area contributed by atoms with Crippen molar-refractivity contribution in [1.29, 1.82) is 0 Å². The largest absolute Gasteiger partial charge is 0.493 e. The summed E-state index contributed by atoms with van der Waals surface area (Å²) in [5.74, 6) is 1.73. The van der Waals surface area contributed by atoms with Crippen LogP contribution in [0.1, 0.15) is 31.4 Å². The number of ether oxygens (including phenoxy) is 1. The van der Waals surface area contributed by atoms with Crippen molar-refractivity contribution < 1.29 is 4.74 Å². The zero-order valence-corrected chi connectivity index (χ0v) is 9.49. The molecule has 0 fully saturated rings. The molecule has 80 valence electrons. The molecule has 0 spiro atoms. The normalized spacial score (nSPS) is 16.4. The molecule has 0 saturated heterocycles. The zero-order valence-electron chi connectivity index (χ0n) is 9.49. The van der Waals surface area contributed by atoms with Crippen molar-refractivity contribution in [2.75, 3.05) is 6.61 Å². The molecule has 1 aliphatic heterocycles. The second-order valence-corrected chi connectivity index (χ2v) is 4.21. The predicted molar refractivity (Wildman–Crippen MR) is 64.1 cm³/mol.